The number of hydrogen-bond acceptors (Lipinski definition) is 4. The molecule has 1 heterocycles. The molecule has 6 nitrogen and oxygen atoms in total. The van der Waals surface area contributed by atoms with Gasteiger partial charge in [0.1, 0.15) is 0 Å². The van der Waals surface area contributed by atoms with Crippen molar-refractivity contribution in [1.82, 2.24) is 5.32 Å². The molecule has 4 N–H and O–H groups in total. The molecule has 110 valence electrons. The summed E-state index contributed by atoms with van der Waals surface area (Å²) >= 11 is 0. The number of amides is 1. The Labute approximate surface area is 118 Å². The van der Waals surface area contributed by atoms with Crippen molar-refractivity contribution in [3.05, 3.63) is 24.3 Å². The van der Waals surface area contributed by atoms with E-state index >= 15 is 0 Å². The Hall–Kier alpha value is -1.44. The number of carbonyl (C=O) groups excluding carboxylic acids is 1. The Balaban J connectivity index is 2.16. The predicted molar refractivity (Wildman–Crippen MR) is 76.7 cm³/mol. The number of piperidine rings is 1. The minimum Gasteiger partial charge on any atom is -0.324 e. The van der Waals surface area contributed by atoms with Crippen LogP contribution in [0.2, 0.25) is 0 Å². The van der Waals surface area contributed by atoms with E-state index in [9.17, 15) is 13.2 Å². The number of anilines is 1. The van der Waals surface area contributed by atoms with E-state index in [0.717, 1.165) is 25.8 Å². The van der Waals surface area contributed by atoms with Crippen molar-refractivity contribution < 1.29 is 13.2 Å². The van der Waals surface area contributed by atoms with E-state index in [1.807, 2.05) is 6.92 Å². The van der Waals surface area contributed by atoms with Crippen molar-refractivity contribution in [2.45, 2.75) is 36.6 Å². The molecular weight excluding hydrogens is 278 g/mol. The van der Waals surface area contributed by atoms with E-state index in [1.54, 1.807) is 12.1 Å². The van der Waals surface area contributed by atoms with Gasteiger partial charge in [0.25, 0.3) is 0 Å². The largest absolute Gasteiger partial charge is 0.324 e. The monoisotopic (exact) mass is 297 g/mol. The summed E-state index contributed by atoms with van der Waals surface area (Å²) in [6.45, 7) is 2.66. The average molecular weight is 297 g/mol. The van der Waals surface area contributed by atoms with Crippen molar-refractivity contribution in [3.8, 4) is 0 Å². The highest BCUT2D eigenvalue weighted by atomic mass is 32.2. The number of nitrogens with one attached hydrogen (secondary N) is 2. The second-order valence-electron chi connectivity index (χ2n) is 5.24. The summed E-state index contributed by atoms with van der Waals surface area (Å²) in [6, 6.07) is 5.94. The summed E-state index contributed by atoms with van der Waals surface area (Å²) in [5.74, 6) is -0.163. The lowest BCUT2D eigenvalue weighted by Crippen LogP contribution is -2.54. The molecule has 1 aliphatic heterocycles. The average Bonchev–Trinajstić information content (AvgIpc) is 2.39. The molecule has 1 saturated heterocycles. The van der Waals surface area contributed by atoms with Crippen LogP contribution in [0, 0.1) is 0 Å². The Morgan fingerprint density at radius 3 is 2.75 bits per heavy atom. The number of primary sulfonamides is 1. The van der Waals surface area contributed by atoms with Crippen LogP contribution >= 0.6 is 0 Å². The molecule has 0 radical (unpaired) electrons. The molecule has 20 heavy (non-hydrogen) atoms. The minimum absolute atomic E-state index is 0.0166. The smallest absolute Gasteiger partial charge is 0.244 e. The van der Waals surface area contributed by atoms with Gasteiger partial charge in [-0.15, -0.1) is 0 Å². The van der Waals surface area contributed by atoms with Crippen molar-refractivity contribution in [3.63, 3.8) is 0 Å². The van der Waals surface area contributed by atoms with Gasteiger partial charge in [-0.25, -0.2) is 13.6 Å². The highest BCUT2D eigenvalue weighted by Gasteiger charge is 2.34. The quantitative estimate of drug-likeness (QED) is 0.768. The third kappa shape index (κ3) is 3.36. The number of nitrogens with two attached hydrogens (primary N) is 1. The van der Waals surface area contributed by atoms with E-state index in [2.05, 4.69) is 10.6 Å². The van der Waals surface area contributed by atoms with Crippen LogP contribution in [0.3, 0.4) is 0 Å². The number of sulfonamides is 1. The van der Waals surface area contributed by atoms with Crippen molar-refractivity contribution in [2.24, 2.45) is 5.14 Å². The second-order valence-corrected chi connectivity index (χ2v) is 6.80. The number of hydrogen-bond donors (Lipinski definition) is 3. The highest BCUT2D eigenvalue weighted by molar-refractivity contribution is 7.89. The molecule has 7 heteroatoms. The van der Waals surface area contributed by atoms with Crippen LogP contribution in [-0.2, 0) is 14.8 Å². The highest BCUT2D eigenvalue weighted by Crippen LogP contribution is 2.21. The summed E-state index contributed by atoms with van der Waals surface area (Å²) in [5.41, 5.74) is -0.189. The van der Waals surface area contributed by atoms with Gasteiger partial charge in [-0.1, -0.05) is 6.07 Å². The van der Waals surface area contributed by atoms with E-state index in [-0.39, 0.29) is 10.8 Å². The number of benzene rings is 1. The van der Waals surface area contributed by atoms with Crippen molar-refractivity contribution in [2.75, 3.05) is 11.9 Å². The van der Waals surface area contributed by atoms with E-state index < -0.39 is 15.6 Å². The number of carbonyl (C=O) groups is 1. The Kier molecular flexibility index (Phi) is 4.12. The van der Waals surface area contributed by atoms with Crippen LogP contribution in [0.5, 0.6) is 0 Å². The summed E-state index contributed by atoms with van der Waals surface area (Å²) < 4.78 is 22.6. The summed E-state index contributed by atoms with van der Waals surface area (Å²) in [5, 5.41) is 11.0. The SMILES string of the molecule is CC1(C(=O)Nc2cccc(S(N)(=O)=O)c2)CCCCN1. The van der Waals surface area contributed by atoms with E-state index in [4.69, 9.17) is 5.14 Å². The maximum atomic E-state index is 12.3. The lowest BCUT2D eigenvalue weighted by atomic mass is 9.90. The molecule has 1 aliphatic rings. The first-order valence-electron chi connectivity index (χ1n) is 6.51. The fraction of sp³-hybridized carbons (Fsp3) is 0.462. The predicted octanol–water partition coefficient (Wildman–Crippen LogP) is 0.805. The molecule has 1 aromatic carbocycles. The van der Waals surface area contributed by atoms with E-state index in [0.29, 0.717) is 5.69 Å². The molecule has 0 aliphatic carbocycles. The van der Waals surface area contributed by atoms with Gasteiger partial charge in [0, 0.05) is 5.69 Å². The third-order valence-electron chi connectivity index (χ3n) is 3.54. The van der Waals surface area contributed by atoms with Crippen molar-refractivity contribution in [1.29, 1.82) is 0 Å². The van der Waals surface area contributed by atoms with Gasteiger partial charge in [-0.2, -0.15) is 0 Å². The van der Waals surface area contributed by atoms with Crippen molar-refractivity contribution >= 4 is 21.6 Å². The first kappa shape index (κ1) is 15.0. The van der Waals surface area contributed by atoms with Crippen LogP contribution < -0.4 is 15.8 Å². The van der Waals surface area contributed by atoms with Crippen LogP contribution in [-0.4, -0.2) is 26.4 Å². The zero-order valence-electron chi connectivity index (χ0n) is 11.3. The number of rotatable bonds is 3. The Morgan fingerprint density at radius 1 is 1.40 bits per heavy atom. The van der Waals surface area contributed by atoms with Gasteiger partial charge >= 0.3 is 0 Å². The fourth-order valence-corrected chi connectivity index (χ4v) is 2.83. The molecular formula is C13H19N3O3S. The lowest BCUT2D eigenvalue weighted by molar-refractivity contribution is -0.122. The maximum absolute atomic E-state index is 12.3. The first-order valence-corrected chi connectivity index (χ1v) is 8.05. The Bertz CT molecular complexity index is 607. The van der Waals surface area contributed by atoms with Gasteiger partial charge in [0.15, 0.2) is 0 Å². The maximum Gasteiger partial charge on any atom is 0.244 e. The Morgan fingerprint density at radius 2 is 2.15 bits per heavy atom. The lowest BCUT2D eigenvalue weighted by Gasteiger charge is -2.33. The van der Waals surface area contributed by atoms with Crippen LogP contribution in [0.1, 0.15) is 26.2 Å². The topological polar surface area (TPSA) is 101 Å². The van der Waals surface area contributed by atoms with Gasteiger partial charge in [-0.05, 0) is 50.9 Å². The van der Waals surface area contributed by atoms with Crippen LogP contribution in [0.15, 0.2) is 29.2 Å². The minimum atomic E-state index is -3.77. The molecule has 1 amide bonds. The molecule has 0 spiro atoms. The molecule has 0 saturated carbocycles. The molecule has 1 fully saturated rings. The van der Waals surface area contributed by atoms with Gasteiger partial charge < -0.3 is 10.6 Å². The molecule has 1 atom stereocenters. The van der Waals surface area contributed by atoms with E-state index in [1.165, 1.54) is 12.1 Å². The zero-order chi connectivity index (χ0) is 14.8. The summed E-state index contributed by atoms with van der Waals surface area (Å²) in [7, 11) is -3.77. The second kappa shape index (κ2) is 5.51. The first-order chi connectivity index (χ1) is 9.31. The molecule has 1 aromatic rings. The standard InChI is InChI=1S/C13H19N3O3S/c1-13(7-2-3-8-15-13)12(17)16-10-5-4-6-11(9-10)20(14,18)19/h4-6,9,15H,2-3,7-8H2,1H3,(H,16,17)(H2,14,18,19). The van der Waals surface area contributed by atoms with Crippen LogP contribution in [0.4, 0.5) is 5.69 Å². The van der Waals surface area contributed by atoms with Gasteiger partial charge in [0.2, 0.25) is 15.9 Å². The van der Waals surface area contributed by atoms with Crippen LogP contribution in [0.25, 0.3) is 0 Å². The van der Waals surface area contributed by atoms with Gasteiger partial charge in [-0.3, -0.25) is 4.79 Å². The molecule has 0 aromatic heterocycles. The molecule has 2 rings (SSSR count). The molecule has 0 bridgehead atoms. The fourth-order valence-electron chi connectivity index (χ4n) is 2.27. The third-order valence-corrected chi connectivity index (χ3v) is 4.45. The normalized spacial score (nSPS) is 23.3. The van der Waals surface area contributed by atoms with Gasteiger partial charge in [0.05, 0.1) is 10.4 Å². The molecule has 1 unspecified atom stereocenters. The summed E-state index contributed by atoms with van der Waals surface area (Å²) in [6.07, 6.45) is 2.81. The summed E-state index contributed by atoms with van der Waals surface area (Å²) in [4.78, 5) is 12.3. The zero-order valence-corrected chi connectivity index (χ0v) is 12.2.